The van der Waals surface area contributed by atoms with Gasteiger partial charge in [-0.15, -0.1) is 5.10 Å². The van der Waals surface area contributed by atoms with Crippen molar-refractivity contribution in [1.82, 2.24) is 15.1 Å². The Labute approximate surface area is 141 Å². The fourth-order valence-electron chi connectivity index (χ4n) is 3.53. The van der Waals surface area contributed by atoms with Gasteiger partial charge >= 0.3 is 0 Å². The maximum atomic E-state index is 12.4. The number of nitrogens with zero attached hydrogens (tertiary/aromatic N) is 4. The Morgan fingerprint density at radius 3 is 2.83 bits per heavy atom. The molecular weight excluding hydrogens is 304 g/mol. The summed E-state index contributed by atoms with van der Waals surface area (Å²) in [5.74, 6) is 1.58. The molecule has 1 aromatic carbocycles. The number of carbonyl (C=O) groups excluding carboxylic acids is 1. The van der Waals surface area contributed by atoms with Gasteiger partial charge in [0.05, 0.1) is 6.20 Å². The Balaban J connectivity index is 1.41. The van der Waals surface area contributed by atoms with E-state index in [1.807, 2.05) is 17.0 Å². The van der Waals surface area contributed by atoms with Gasteiger partial charge in [-0.1, -0.05) is 24.3 Å². The van der Waals surface area contributed by atoms with Crippen LogP contribution in [0.2, 0.25) is 0 Å². The van der Waals surface area contributed by atoms with Gasteiger partial charge in [0, 0.05) is 56.6 Å². The van der Waals surface area contributed by atoms with Crippen molar-refractivity contribution in [3.8, 4) is 0 Å². The second-order valence-corrected chi connectivity index (χ2v) is 6.56. The number of fused-ring (bicyclic) bond motifs is 1. The van der Waals surface area contributed by atoms with Gasteiger partial charge in [0.15, 0.2) is 5.82 Å². The summed E-state index contributed by atoms with van der Waals surface area (Å²) in [4.78, 5) is 16.6. The predicted octanol–water partition coefficient (Wildman–Crippen LogP) is 1.70. The molecule has 1 amide bonds. The minimum Gasteiger partial charge on any atom is -0.381 e. The van der Waals surface area contributed by atoms with E-state index in [1.165, 1.54) is 0 Å². The first-order chi connectivity index (χ1) is 11.8. The van der Waals surface area contributed by atoms with Gasteiger partial charge in [0.25, 0.3) is 0 Å². The van der Waals surface area contributed by atoms with Crippen molar-refractivity contribution in [2.24, 2.45) is 5.92 Å². The lowest BCUT2D eigenvalue weighted by molar-refractivity contribution is -0.132. The molecule has 0 bridgehead atoms. The Kier molecular flexibility index (Phi) is 4.30. The van der Waals surface area contributed by atoms with Crippen molar-refractivity contribution in [2.75, 3.05) is 44.3 Å². The maximum absolute atomic E-state index is 12.4. The third-order valence-electron chi connectivity index (χ3n) is 4.97. The number of piperazine rings is 1. The normalized spacial score (nSPS) is 21.4. The SMILES string of the molecule is O=C(CC1CCOC1)N1CCN(c2nncc3ccccc23)CC1. The zero-order chi connectivity index (χ0) is 16.4. The van der Waals surface area contributed by atoms with Crippen molar-refractivity contribution in [3.63, 3.8) is 0 Å². The molecule has 4 rings (SSSR count). The monoisotopic (exact) mass is 326 g/mol. The van der Waals surface area contributed by atoms with Crippen LogP contribution in [-0.4, -0.2) is 60.4 Å². The van der Waals surface area contributed by atoms with E-state index < -0.39 is 0 Å². The number of anilines is 1. The summed E-state index contributed by atoms with van der Waals surface area (Å²) >= 11 is 0. The number of aromatic nitrogens is 2. The smallest absolute Gasteiger partial charge is 0.223 e. The van der Waals surface area contributed by atoms with Crippen LogP contribution in [0.15, 0.2) is 30.5 Å². The standard InChI is InChI=1S/C18H22N4O2/c23-17(11-14-5-10-24-13-14)21-6-8-22(9-7-21)18-16-4-2-1-3-15(16)12-19-20-18/h1-4,12,14H,5-11,13H2. The van der Waals surface area contributed by atoms with Gasteiger partial charge in [-0.25, -0.2) is 0 Å². The zero-order valence-corrected chi connectivity index (χ0v) is 13.7. The molecule has 24 heavy (non-hydrogen) atoms. The highest BCUT2D eigenvalue weighted by Crippen LogP contribution is 2.24. The molecule has 1 unspecified atom stereocenters. The first-order valence-electron chi connectivity index (χ1n) is 8.62. The maximum Gasteiger partial charge on any atom is 0.223 e. The van der Waals surface area contributed by atoms with Gasteiger partial charge in [-0.2, -0.15) is 5.10 Å². The van der Waals surface area contributed by atoms with Crippen molar-refractivity contribution in [2.45, 2.75) is 12.8 Å². The second kappa shape index (κ2) is 6.73. The summed E-state index contributed by atoms with van der Waals surface area (Å²) in [5.41, 5.74) is 0. The Hall–Kier alpha value is -2.21. The molecule has 1 atom stereocenters. The van der Waals surface area contributed by atoms with Crippen LogP contribution >= 0.6 is 0 Å². The van der Waals surface area contributed by atoms with E-state index in [4.69, 9.17) is 4.74 Å². The molecule has 126 valence electrons. The quantitative estimate of drug-likeness (QED) is 0.859. The lowest BCUT2D eigenvalue weighted by Gasteiger charge is -2.36. The van der Waals surface area contributed by atoms with Crippen molar-refractivity contribution < 1.29 is 9.53 Å². The van der Waals surface area contributed by atoms with Gasteiger partial charge in [-0.3, -0.25) is 4.79 Å². The van der Waals surface area contributed by atoms with Crippen LogP contribution in [0.4, 0.5) is 5.82 Å². The van der Waals surface area contributed by atoms with Crippen molar-refractivity contribution >= 4 is 22.5 Å². The van der Waals surface area contributed by atoms with E-state index in [0.29, 0.717) is 12.3 Å². The number of ether oxygens (including phenoxy) is 1. The summed E-state index contributed by atoms with van der Waals surface area (Å²) in [6, 6.07) is 8.17. The van der Waals surface area contributed by atoms with Gasteiger partial charge < -0.3 is 14.5 Å². The predicted molar refractivity (Wildman–Crippen MR) is 91.9 cm³/mol. The van der Waals surface area contributed by atoms with Crippen LogP contribution in [0.25, 0.3) is 10.8 Å². The first-order valence-corrected chi connectivity index (χ1v) is 8.62. The van der Waals surface area contributed by atoms with E-state index in [1.54, 1.807) is 6.20 Å². The average molecular weight is 326 g/mol. The summed E-state index contributed by atoms with van der Waals surface area (Å²) in [7, 11) is 0. The zero-order valence-electron chi connectivity index (χ0n) is 13.7. The summed E-state index contributed by atoms with van der Waals surface area (Å²) in [6.07, 6.45) is 3.42. The summed E-state index contributed by atoms with van der Waals surface area (Å²) in [5, 5.41) is 10.7. The number of hydrogen-bond acceptors (Lipinski definition) is 5. The van der Waals surface area contributed by atoms with Crippen LogP contribution in [0.3, 0.4) is 0 Å². The summed E-state index contributed by atoms with van der Waals surface area (Å²) < 4.78 is 5.37. The molecule has 0 aliphatic carbocycles. The number of amides is 1. The molecule has 0 saturated carbocycles. The Bertz CT molecular complexity index is 717. The van der Waals surface area contributed by atoms with E-state index in [0.717, 1.165) is 62.4 Å². The summed E-state index contributed by atoms with van der Waals surface area (Å²) in [6.45, 7) is 4.63. The van der Waals surface area contributed by atoms with Crippen LogP contribution in [-0.2, 0) is 9.53 Å². The number of benzene rings is 1. The van der Waals surface area contributed by atoms with Gasteiger partial charge in [-0.05, 0) is 12.3 Å². The average Bonchev–Trinajstić information content (AvgIpc) is 3.14. The highest BCUT2D eigenvalue weighted by atomic mass is 16.5. The van der Waals surface area contributed by atoms with E-state index in [2.05, 4.69) is 27.2 Å². The number of carbonyl (C=O) groups is 1. The molecule has 2 saturated heterocycles. The molecule has 2 aliphatic rings. The number of rotatable bonds is 3. The third kappa shape index (κ3) is 3.06. The van der Waals surface area contributed by atoms with E-state index in [9.17, 15) is 4.79 Å². The highest BCUT2D eigenvalue weighted by Gasteiger charge is 2.26. The topological polar surface area (TPSA) is 58.6 Å². The van der Waals surface area contributed by atoms with Crippen LogP contribution < -0.4 is 4.90 Å². The molecule has 0 N–H and O–H groups in total. The molecule has 6 nitrogen and oxygen atoms in total. The van der Waals surface area contributed by atoms with Crippen molar-refractivity contribution in [1.29, 1.82) is 0 Å². The molecule has 2 aliphatic heterocycles. The first kappa shape index (κ1) is 15.3. The fraction of sp³-hybridized carbons (Fsp3) is 0.500. The Morgan fingerprint density at radius 1 is 1.21 bits per heavy atom. The molecule has 2 aromatic rings. The molecule has 2 fully saturated rings. The molecule has 0 spiro atoms. The number of hydrogen-bond donors (Lipinski definition) is 0. The Morgan fingerprint density at radius 2 is 2.04 bits per heavy atom. The van der Waals surface area contributed by atoms with E-state index >= 15 is 0 Å². The van der Waals surface area contributed by atoms with Gasteiger partial charge in [0.1, 0.15) is 0 Å². The molecule has 0 radical (unpaired) electrons. The van der Waals surface area contributed by atoms with Crippen LogP contribution in [0, 0.1) is 5.92 Å². The lowest BCUT2D eigenvalue weighted by Crippen LogP contribution is -2.49. The largest absolute Gasteiger partial charge is 0.381 e. The van der Waals surface area contributed by atoms with Gasteiger partial charge in [0.2, 0.25) is 5.91 Å². The molecule has 6 heteroatoms. The van der Waals surface area contributed by atoms with Crippen LogP contribution in [0.5, 0.6) is 0 Å². The minimum atomic E-state index is 0.258. The third-order valence-corrected chi connectivity index (χ3v) is 4.97. The lowest BCUT2D eigenvalue weighted by atomic mass is 10.0. The van der Waals surface area contributed by atoms with E-state index in [-0.39, 0.29) is 5.91 Å². The van der Waals surface area contributed by atoms with Crippen molar-refractivity contribution in [3.05, 3.63) is 30.5 Å². The molecule has 3 heterocycles. The minimum absolute atomic E-state index is 0.258. The van der Waals surface area contributed by atoms with Crippen LogP contribution in [0.1, 0.15) is 12.8 Å². The highest BCUT2D eigenvalue weighted by molar-refractivity contribution is 5.91. The second-order valence-electron chi connectivity index (χ2n) is 6.56. The molecular formula is C18H22N4O2. The molecule has 1 aromatic heterocycles. The fourth-order valence-corrected chi connectivity index (χ4v) is 3.53.